The molecular formula is C91H164N2Ni. The Hall–Kier alpha value is -1.99. The Bertz CT molecular complexity index is 2010. The second kappa shape index (κ2) is 66.9. The minimum Gasteiger partial charge on any atom is -0.493 e. The zero-order valence-corrected chi connectivity index (χ0v) is 66.0. The summed E-state index contributed by atoms with van der Waals surface area (Å²) >= 11 is 2.05. The molecule has 0 bridgehead atoms. The quantitative estimate of drug-likeness (QED) is 0.0358. The fraction of sp³-hybridized carbons (Fsp3) is 0.824. The van der Waals surface area contributed by atoms with E-state index >= 15 is 0 Å². The summed E-state index contributed by atoms with van der Waals surface area (Å²) in [5, 5.41) is 2.87. The molecule has 0 radical (unpaired) electrons. The monoisotopic (exact) mass is 1340 g/mol. The molecule has 3 rings (SSSR count). The number of unbranched alkanes of at least 4 members (excludes halogenated alkanes) is 53. The molecule has 1 aliphatic heterocycles. The third-order valence-electron chi connectivity index (χ3n) is 20.9. The summed E-state index contributed by atoms with van der Waals surface area (Å²) in [6.45, 7) is 18.2. The standard InChI is InChI=1S/C39H58N2.2C26H53.Ni/c1-7-12-17-21-33-24-31(19-14-9-3)26-35(27-33)38-30(6)37(23-16-11-5)39(41(38)40)36-28-32(20-15-10-4)25-34(29-36)22-18-13-8-2;2*1-3-5-7-9-11-13-15-17-19-21-23-25-26-24-22-20-18-16-14-12-10-8-6-4-2;/h24-29H,7-23H2,1-6H3;2*1,3-26H2,2H3;. The molecule has 0 unspecified atom stereocenters. The molecule has 0 fully saturated rings. The molecule has 3 heteroatoms. The van der Waals surface area contributed by atoms with Crippen molar-refractivity contribution >= 4 is 11.4 Å². The summed E-state index contributed by atoms with van der Waals surface area (Å²) in [5.74, 6) is 0. The molecule has 0 N–H and O–H groups in total. The number of hydrogen-bond donors (Lipinski definition) is 0. The van der Waals surface area contributed by atoms with Gasteiger partial charge in [-0.3, -0.25) is 0 Å². The van der Waals surface area contributed by atoms with Gasteiger partial charge in [-0.2, -0.15) is 0 Å². The Morgan fingerprint density at radius 1 is 0.234 bits per heavy atom. The molecule has 0 amide bonds. The third-order valence-corrected chi connectivity index (χ3v) is 22.3. The van der Waals surface area contributed by atoms with Gasteiger partial charge in [0.1, 0.15) is 0 Å². The van der Waals surface area contributed by atoms with Crippen LogP contribution in [0.15, 0.2) is 47.5 Å². The fourth-order valence-electron chi connectivity index (χ4n) is 14.6. The van der Waals surface area contributed by atoms with Gasteiger partial charge >= 0.3 is 166 Å². The molecule has 548 valence electrons. The molecule has 0 saturated carbocycles. The molecule has 0 saturated heterocycles. The Morgan fingerprint density at radius 2 is 0.436 bits per heavy atom. The van der Waals surface area contributed by atoms with Gasteiger partial charge in [-0.25, -0.2) is 4.70 Å². The maximum absolute atomic E-state index is 12.1. The SMILES string of the molecule is CCCCCCCCCCCCCCCCCCCCCCCCC[CH2][Ni][CH2]CCCCCCCCCCCCCCCCCCCCCCCCC.CCCCCc1cc(CCCC)cc(C2=C(C)C(CCCC)=C(c3cc(CCCC)cc(CCCCC)c3)[N+]2=[N-])c1. The van der Waals surface area contributed by atoms with Gasteiger partial charge in [0, 0.05) is 22.3 Å². The second-order valence-electron chi connectivity index (χ2n) is 30.2. The van der Waals surface area contributed by atoms with Gasteiger partial charge in [-0.1, -0.05) is 272 Å². The fourth-order valence-corrected chi connectivity index (χ4v) is 15.9. The first kappa shape index (κ1) is 88.1. The molecule has 1 aliphatic rings. The molecule has 0 spiro atoms. The van der Waals surface area contributed by atoms with Crippen molar-refractivity contribution in [3.63, 3.8) is 0 Å². The Labute approximate surface area is 596 Å². The van der Waals surface area contributed by atoms with Gasteiger partial charge < -0.3 is 5.53 Å². The molecule has 1 heterocycles. The van der Waals surface area contributed by atoms with Crippen molar-refractivity contribution < 1.29 is 19.1 Å². The van der Waals surface area contributed by atoms with E-state index in [2.05, 4.69) is 106 Å². The van der Waals surface area contributed by atoms with Crippen LogP contribution in [0.1, 0.15) is 480 Å². The van der Waals surface area contributed by atoms with Gasteiger partial charge in [0.25, 0.3) is 0 Å². The summed E-state index contributed by atoms with van der Waals surface area (Å²) in [6.07, 6.45) is 91.2. The van der Waals surface area contributed by atoms with Crippen LogP contribution in [-0.2, 0) is 40.1 Å². The summed E-state index contributed by atoms with van der Waals surface area (Å²) in [7, 11) is 0. The Kier molecular flexibility index (Phi) is 62.7. The molecule has 2 aromatic rings. The Morgan fingerprint density at radius 3 is 0.691 bits per heavy atom. The van der Waals surface area contributed by atoms with E-state index in [-0.39, 0.29) is 0 Å². The predicted octanol–water partition coefficient (Wildman–Crippen LogP) is 32.9. The normalized spacial score (nSPS) is 12.6. The van der Waals surface area contributed by atoms with Crippen LogP contribution in [0, 0.1) is 0 Å². The van der Waals surface area contributed by atoms with Crippen molar-refractivity contribution in [3.05, 3.63) is 86.5 Å². The van der Waals surface area contributed by atoms with Crippen molar-refractivity contribution in [1.29, 1.82) is 0 Å². The van der Waals surface area contributed by atoms with E-state index in [0.29, 0.717) is 0 Å². The summed E-state index contributed by atoms with van der Waals surface area (Å²) < 4.78 is 1.57. The molecule has 94 heavy (non-hydrogen) atoms. The van der Waals surface area contributed by atoms with E-state index in [9.17, 15) is 5.53 Å². The molecule has 0 aromatic heterocycles. The van der Waals surface area contributed by atoms with E-state index < -0.39 is 0 Å². The van der Waals surface area contributed by atoms with Crippen LogP contribution in [0.2, 0.25) is 10.8 Å². The molecular weight excluding hydrogens is 1180 g/mol. The van der Waals surface area contributed by atoms with E-state index in [4.69, 9.17) is 0 Å². The van der Waals surface area contributed by atoms with Gasteiger partial charge in [0.05, 0.1) is 0 Å². The summed E-state index contributed by atoms with van der Waals surface area (Å²) in [4.78, 5) is 0. The number of rotatable bonds is 69. The van der Waals surface area contributed by atoms with Crippen LogP contribution in [0.3, 0.4) is 0 Å². The van der Waals surface area contributed by atoms with Gasteiger partial charge in [-0.15, -0.1) is 0 Å². The third kappa shape index (κ3) is 47.9. The van der Waals surface area contributed by atoms with Crippen molar-refractivity contribution in [2.24, 2.45) is 0 Å². The van der Waals surface area contributed by atoms with Gasteiger partial charge in [0.2, 0.25) is 11.4 Å². The van der Waals surface area contributed by atoms with Crippen molar-refractivity contribution in [2.75, 3.05) is 0 Å². The number of nitrogens with zero attached hydrogens (tertiary/aromatic N) is 2. The first-order valence-corrected chi connectivity index (χ1v) is 44.4. The molecule has 0 aliphatic carbocycles. The van der Waals surface area contributed by atoms with E-state index in [1.54, 1.807) is 4.70 Å². The van der Waals surface area contributed by atoms with Crippen LogP contribution in [-0.4, -0.2) is 4.70 Å². The topological polar surface area (TPSA) is 25.3 Å². The second-order valence-corrected chi connectivity index (χ2v) is 31.6. The first-order chi connectivity index (χ1) is 46.4. The molecule has 0 atom stereocenters. The Balaban J connectivity index is 0.000000659. The predicted molar refractivity (Wildman–Crippen MR) is 422 cm³/mol. The maximum atomic E-state index is 12.1. The minimum atomic E-state index is 0.993. The van der Waals surface area contributed by atoms with E-state index in [1.165, 1.54) is 428 Å². The number of aryl methyl sites for hydroxylation is 4. The van der Waals surface area contributed by atoms with Crippen LogP contribution >= 0.6 is 0 Å². The average Bonchev–Trinajstić information content (AvgIpc) is 1.61. The molecule has 2 aromatic carbocycles. The van der Waals surface area contributed by atoms with Crippen molar-refractivity contribution in [3.8, 4) is 0 Å². The molecule has 2 nitrogen and oxygen atoms in total. The number of benzene rings is 2. The number of allylic oxidation sites excluding steroid dienone is 2. The number of hydrogen-bond acceptors (Lipinski definition) is 0. The van der Waals surface area contributed by atoms with Crippen molar-refractivity contribution in [1.82, 2.24) is 0 Å². The van der Waals surface area contributed by atoms with Crippen LogP contribution in [0.5, 0.6) is 0 Å². The van der Waals surface area contributed by atoms with Gasteiger partial charge in [0.15, 0.2) is 0 Å². The van der Waals surface area contributed by atoms with Crippen LogP contribution < -0.4 is 0 Å². The van der Waals surface area contributed by atoms with E-state index in [0.717, 1.165) is 56.3 Å². The zero-order valence-electron chi connectivity index (χ0n) is 65.1. The average molecular weight is 1350 g/mol. The van der Waals surface area contributed by atoms with Crippen LogP contribution in [0.4, 0.5) is 0 Å². The van der Waals surface area contributed by atoms with Crippen molar-refractivity contribution in [2.45, 2.75) is 484 Å². The van der Waals surface area contributed by atoms with Crippen LogP contribution in [0.25, 0.3) is 16.9 Å². The summed E-state index contributed by atoms with van der Waals surface area (Å²) in [6, 6.07) is 14.3. The smallest absolute Gasteiger partial charge is 0.493 e. The summed E-state index contributed by atoms with van der Waals surface area (Å²) in [5.41, 5.74) is 24.7. The van der Waals surface area contributed by atoms with Gasteiger partial charge in [-0.05, 0) is 118 Å². The first-order valence-electron chi connectivity index (χ1n) is 43.0. The zero-order chi connectivity index (χ0) is 67.7. The minimum absolute atomic E-state index is 0.993. The van der Waals surface area contributed by atoms with E-state index in [1.807, 2.05) is 0 Å².